The molecule has 0 spiro atoms. The molecule has 3 nitrogen and oxygen atoms in total. The lowest BCUT2D eigenvalue weighted by Gasteiger charge is -2.10. The first-order valence-corrected chi connectivity index (χ1v) is 6.71. The Balaban J connectivity index is 1.95. The molecule has 0 radical (unpaired) electrons. The SMILES string of the molecule is Nc1cc(C(F)(F)F)ccc1Oc1snc2ccccc12. The van der Waals surface area contributed by atoms with Gasteiger partial charge in [0.05, 0.1) is 22.2 Å². The summed E-state index contributed by atoms with van der Waals surface area (Å²) in [5.41, 5.74) is 5.53. The molecule has 1 heterocycles. The van der Waals surface area contributed by atoms with Crippen LogP contribution in [0.4, 0.5) is 18.9 Å². The van der Waals surface area contributed by atoms with Gasteiger partial charge in [0.15, 0.2) is 5.75 Å². The van der Waals surface area contributed by atoms with Crippen LogP contribution >= 0.6 is 11.5 Å². The first-order chi connectivity index (χ1) is 9.95. The molecule has 108 valence electrons. The van der Waals surface area contributed by atoms with E-state index in [4.69, 9.17) is 10.5 Å². The summed E-state index contributed by atoms with van der Waals surface area (Å²) in [5.74, 6) is 0.178. The Hall–Kier alpha value is -2.28. The molecule has 0 unspecified atom stereocenters. The lowest BCUT2D eigenvalue weighted by Crippen LogP contribution is -2.05. The predicted molar refractivity (Wildman–Crippen MR) is 75.6 cm³/mol. The molecule has 3 rings (SSSR count). The summed E-state index contributed by atoms with van der Waals surface area (Å²) in [6, 6.07) is 10.3. The van der Waals surface area contributed by atoms with Crippen LogP contribution in [0.2, 0.25) is 0 Å². The van der Waals surface area contributed by atoms with Gasteiger partial charge in [-0.3, -0.25) is 0 Å². The highest BCUT2D eigenvalue weighted by Crippen LogP contribution is 2.38. The van der Waals surface area contributed by atoms with E-state index in [0.717, 1.165) is 34.6 Å². The zero-order valence-corrected chi connectivity index (χ0v) is 11.3. The second-order valence-corrected chi connectivity index (χ2v) is 5.08. The highest BCUT2D eigenvalue weighted by Gasteiger charge is 2.31. The van der Waals surface area contributed by atoms with Crippen LogP contribution in [0.5, 0.6) is 10.8 Å². The van der Waals surface area contributed by atoms with Crippen LogP contribution in [0.25, 0.3) is 10.9 Å². The first-order valence-electron chi connectivity index (χ1n) is 5.94. The van der Waals surface area contributed by atoms with Gasteiger partial charge in [0.2, 0.25) is 5.06 Å². The van der Waals surface area contributed by atoms with E-state index in [0.29, 0.717) is 5.06 Å². The molecule has 0 saturated carbocycles. The monoisotopic (exact) mass is 310 g/mol. The van der Waals surface area contributed by atoms with E-state index in [-0.39, 0.29) is 11.4 Å². The maximum Gasteiger partial charge on any atom is 0.416 e. The summed E-state index contributed by atoms with van der Waals surface area (Å²) in [6.45, 7) is 0. The number of ether oxygens (including phenoxy) is 1. The third-order valence-corrected chi connectivity index (χ3v) is 3.65. The van der Waals surface area contributed by atoms with Gasteiger partial charge < -0.3 is 10.5 Å². The van der Waals surface area contributed by atoms with Crippen molar-refractivity contribution in [3.05, 3.63) is 48.0 Å². The number of nitrogen functional groups attached to an aromatic ring is 1. The van der Waals surface area contributed by atoms with E-state index in [2.05, 4.69) is 4.37 Å². The van der Waals surface area contributed by atoms with E-state index < -0.39 is 11.7 Å². The van der Waals surface area contributed by atoms with Gasteiger partial charge in [-0.15, -0.1) is 0 Å². The third kappa shape index (κ3) is 2.64. The summed E-state index contributed by atoms with van der Waals surface area (Å²) in [7, 11) is 0. The normalized spacial score (nSPS) is 11.8. The molecule has 0 fully saturated rings. The number of halogens is 3. The van der Waals surface area contributed by atoms with E-state index in [1.54, 1.807) is 0 Å². The van der Waals surface area contributed by atoms with Crippen LogP contribution in [-0.2, 0) is 6.18 Å². The molecule has 0 aliphatic carbocycles. The Morgan fingerprint density at radius 3 is 2.57 bits per heavy atom. The van der Waals surface area contributed by atoms with Crippen molar-refractivity contribution in [1.82, 2.24) is 4.37 Å². The summed E-state index contributed by atoms with van der Waals surface area (Å²) in [6.07, 6.45) is -4.43. The average molecular weight is 310 g/mol. The van der Waals surface area contributed by atoms with Crippen LogP contribution in [0.3, 0.4) is 0 Å². The smallest absolute Gasteiger partial charge is 0.416 e. The maximum atomic E-state index is 12.6. The van der Waals surface area contributed by atoms with Crippen molar-refractivity contribution in [1.29, 1.82) is 0 Å². The van der Waals surface area contributed by atoms with Gasteiger partial charge in [0.1, 0.15) is 0 Å². The minimum Gasteiger partial charge on any atom is -0.442 e. The zero-order chi connectivity index (χ0) is 15.0. The molecule has 0 atom stereocenters. The number of alkyl halides is 3. The van der Waals surface area contributed by atoms with Gasteiger partial charge in [0, 0.05) is 11.5 Å². The molecule has 0 aliphatic heterocycles. The number of nitrogens with two attached hydrogens (primary N) is 1. The number of hydrogen-bond acceptors (Lipinski definition) is 4. The van der Waals surface area contributed by atoms with Crippen molar-refractivity contribution in [2.75, 3.05) is 5.73 Å². The first kappa shape index (κ1) is 13.7. The van der Waals surface area contributed by atoms with Crippen molar-refractivity contribution in [3.8, 4) is 10.8 Å². The highest BCUT2D eigenvalue weighted by atomic mass is 32.1. The van der Waals surface area contributed by atoms with Crippen molar-refractivity contribution in [2.45, 2.75) is 6.18 Å². The molecular formula is C14H9F3N2OS. The highest BCUT2D eigenvalue weighted by molar-refractivity contribution is 7.09. The number of rotatable bonds is 2. The lowest BCUT2D eigenvalue weighted by molar-refractivity contribution is -0.137. The summed E-state index contributed by atoms with van der Waals surface area (Å²) in [4.78, 5) is 0. The Kier molecular flexibility index (Phi) is 3.21. The fourth-order valence-electron chi connectivity index (χ4n) is 1.86. The van der Waals surface area contributed by atoms with Gasteiger partial charge in [-0.25, -0.2) is 0 Å². The topological polar surface area (TPSA) is 48.1 Å². The van der Waals surface area contributed by atoms with Crippen molar-refractivity contribution >= 4 is 28.1 Å². The van der Waals surface area contributed by atoms with Crippen LogP contribution in [0.15, 0.2) is 42.5 Å². The maximum absolute atomic E-state index is 12.6. The number of fused-ring (bicyclic) bond motifs is 1. The number of anilines is 1. The molecule has 0 amide bonds. The molecule has 2 aromatic carbocycles. The average Bonchev–Trinajstić information content (AvgIpc) is 2.83. The standard InChI is InChI=1S/C14H9F3N2OS/c15-14(16,17)8-5-6-12(10(18)7-8)20-13-9-3-1-2-4-11(9)19-21-13/h1-7H,18H2. The Labute approximate surface area is 121 Å². The van der Waals surface area contributed by atoms with Gasteiger partial charge in [-0.2, -0.15) is 17.5 Å². The molecule has 1 aromatic heterocycles. The summed E-state index contributed by atoms with van der Waals surface area (Å²) in [5, 5.41) is 1.29. The Bertz CT molecular complexity index is 798. The minimum atomic E-state index is -4.43. The fraction of sp³-hybridized carbons (Fsp3) is 0.0714. The van der Waals surface area contributed by atoms with Crippen LogP contribution < -0.4 is 10.5 Å². The number of nitrogens with zero attached hydrogens (tertiary/aromatic N) is 1. The van der Waals surface area contributed by atoms with E-state index in [9.17, 15) is 13.2 Å². The molecular weight excluding hydrogens is 301 g/mol. The van der Waals surface area contributed by atoms with Crippen molar-refractivity contribution in [3.63, 3.8) is 0 Å². The second-order valence-electron chi connectivity index (χ2n) is 4.34. The van der Waals surface area contributed by atoms with E-state index >= 15 is 0 Å². The third-order valence-electron chi connectivity index (χ3n) is 2.89. The molecule has 21 heavy (non-hydrogen) atoms. The number of hydrogen-bond donors (Lipinski definition) is 1. The van der Waals surface area contributed by atoms with E-state index in [1.165, 1.54) is 6.07 Å². The number of benzene rings is 2. The van der Waals surface area contributed by atoms with E-state index in [1.807, 2.05) is 24.3 Å². The van der Waals surface area contributed by atoms with Gasteiger partial charge in [-0.1, -0.05) is 12.1 Å². The number of aromatic nitrogens is 1. The minimum absolute atomic E-state index is 0.0673. The second kappa shape index (κ2) is 4.92. The Morgan fingerprint density at radius 1 is 1.10 bits per heavy atom. The van der Waals surface area contributed by atoms with Crippen LogP contribution in [0, 0.1) is 0 Å². The van der Waals surface area contributed by atoms with Gasteiger partial charge >= 0.3 is 6.18 Å². The Morgan fingerprint density at radius 2 is 1.86 bits per heavy atom. The van der Waals surface area contributed by atoms with Crippen LogP contribution in [-0.4, -0.2) is 4.37 Å². The molecule has 2 N–H and O–H groups in total. The predicted octanol–water partition coefficient (Wildman–Crippen LogP) is 4.69. The quantitative estimate of drug-likeness (QED) is 0.699. The fourth-order valence-corrected chi connectivity index (χ4v) is 2.60. The summed E-state index contributed by atoms with van der Waals surface area (Å²) < 4.78 is 47.5. The molecule has 0 saturated heterocycles. The lowest BCUT2D eigenvalue weighted by atomic mass is 10.2. The molecule has 0 aliphatic rings. The molecule has 0 bridgehead atoms. The van der Waals surface area contributed by atoms with Crippen molar-refractivity contribution < 1.29 is 17.9 Å². The largest absolute Gasteiger partial charge is 0.442 e. The zero-order valence-electron chi connectivity index (χ0n) is 10.5. The van der Waals surface area contributed by atoms with Crippen molar-refractivity contribution in [2.24, 2.45) is 0 Å². The van der Waals surface area contributed by atoms with Gasteiger partial charge in [-0.05, 0) is 30.3 Å². The van der Waals surface area contributed by atoms with Gasteiger partial charge in [0.25, 0.3) is 0 Å². The molecule has 3 aromatic rings. The summed E-state index contributed by atoms with van der Waals surface area (Å²) >= 11 is 1.13. The van der Waals surface area contributed by atoms with Crippen LogP contribution in [0.1, 0.15) is 5.56 Å². The molecule has 7 heteroatoms.